The van der Waals surface area contributed by atoms with E-state index in [1.165, 1.54) is 17.5 Å². The summed E-state index contributed by atoms with van der Waals surface area (Å²) >= 11 is 1.89. The molecule has 2 heterocycles. The van der Waals surface area contributed by atoms with E-state index in [0.717, 1.165) is 44.4 Å². The molecule has 0 amide bonds. The second-order valence-corrected chi connectivity index (χ2v) is 7.10. The molecule has 142 valence electrons. The first-order valence-electron chi connectivity index (χ1n) is 8.63. The molecular weight excluding hydrogens is 459 g/mol. The number of aliphatic imine (C=N–C) groups is 1. The Kier molecular flexibility index (Phi) is 8.67. The summed E-state index contributed by atoms with van der Waals surface area (Å²) in [5.74, 6) is 1.70. The smallest absolute Gasteiger partial charge is 0.191 e. The van der Waals surface area contributed by atoms with Crippen LogP contribution in [0.15, 0.2) is 40.7 Å². The number of thiophene rings is 1. The standard InChI is InChI=1S/C19H26N4OS.HI/c1-20-19(22-13-15-4-3-5-17(12-15)24-2)21-8-10-23-9-6-18-16(14-23)7-11-25-18;/h3-5,7,11-12H,6,8-10,13-14H2,1-2H3,(H2,20,21,22);1H. The molecule has 1 aromatic heterocycles. The summed E-state index contributed by atoms with van der Waals surface area (Å²) < 4.78 is 5.26. The molecule has 1 aromatic carbocycles. The number of guanidine groups is 1. The van der Waals surface area contributed by atoms with E-state index in [1.54, 1.807) is 19.0 Å². The minimum absolute atomic E-state index is 0. The van der Waals surface area contributed by atoms with Crippen molar-refractivity contribution in [3.05, 3.63) is 51.7 Å². The lowest BCUT2D eigenvalue weighted by molar-refractivity contribution is 0.260. The third kappa shape index (κ3) is 5.85. The maximum atomic E-state index is 5.26. The highest BCUT2D eigenvalue weighted by molar-refractivity contribution is 14.0. The Balaban J connectivity index is 0.00000243. The van der Waals surface area contributed by atoms with E-state index < -0.39 is 0 Å². The number of hydrogen-bond donors (Lipinski definition) is 2. The predicted molar refractivity (Wildman–Crippen MR) is 120 cm³/mol. The maximum absolute atomic E-state index is 5.26. The topological polar surface area (TPSA) is 48.9 Å². The van der Waals surface area contributed by atoms with Crippen molar-refractivity contribution in [3.63, 3.8) is 0 Å². The molecule has 0 saturated carbocycles. The van der Waals surface area contributed by atoms with E-state index in [9.17, 15) is 0 Å². The van der Waals surface area contributed by atoms with Crippen LogP contribution in [0.5, 0.6) is 5.75 Å². The average molecular weight is 486 g/mol. The van der Waals surface area contributed by atoms with Gasteiger partial charge in [0, 0.05) is 44.6 Å². The average Bonchev–Trinajstić information content (AvgIpc) is 3.12. The Bertz CT molecular complexity index is 719. The van der Waals surface area contributed by atoms with Gasteiger partial charge in [0.1, 0.15) is 5.75 Å². The molecule has 7 heteroatoms. The van der Waals surface area contributed by atoms with Gasteiger partial charge in [-0.05, 0) is 41.1 Å². The Morgan fingerprint density at radius 1 is 1.31 bits per heavy atom. The zero-order valence-corrected chi connectivity index (χ0v) is 18.5. The molecule has 0 unspecified atom stereocenters. The van der Waals surface area contributed by atoms with E-state index >= 15 is 0 Å². The fourth-order valence-corrected chi connectivity index (χ4v) is 3.91. The van der Waals surface area contributed by atoms with Gasteiger partial charge >= 0.3 is 0 Å². The van der Waals surface area contributed by atoms with E-state index in [0.29, 0.717) is 0 Å². The summed E-state index contributed by atoms with van der Waals surface area (Å²) in [6.07, 6.45) is 1.18. The number of nitrogens with one attached hydrogen (secondary N) is 2. The Morgan fingerprint density at radius 2 is 2.19 bits per heavy atom. The van der Waals surface area contributed by atoms with Crippen LogP contribution < -0.4 is 15.4 Å². The molecule has 0 spiro atoms. The van der Waals surface area contributed by atoms with Gasteiger partial charge in [-0.1, -0.05) is 12.1 Å². The van der Waals surface area contributed by atoms with Gasteiger partial charge in [0.05, 0.1) is 7.11 Å². The Hall–Kier alpha value is -1.32. The quantitative estimate of drug-likeness (QED) is 0.375. The van der Waals surface area contributed by atoms with Crippen LogP contribution >= 0.6 is 35.3 Å². The van der Waals surface area contributed by atoms with Crippen LogP contribution in [0.25, 0.3) is 0 Å². The number of fused-ring (bicyclic) bond motifs is 1. The SMILES string of the molecule is CN=C(NCCN1CCc2sccc2C1)NCc1cccc(OC)c1.I. The van der Waals surface area contributed by atoms with Crippen molar-refractivity contribution in [2.45, 2.75) is 19.5 Å². The van der Waals surface area contributed by atoms with Gasteiger partial charge in [-0.3, -0.25) is 9.89 Å². The summed E-state index contributed by atoms with van der Waals surface area (Å²) in [4.78, 5) is 8.36. The molecule has 5 nitrogen and oxygen atoms in total. The number of nitrogens with zero attached hydrogens (tertiary/aromatic N) is 2. The molecule has 0 bridgehead atoms. The molecule has 1 aliphatic heterocycles. The second-order valence-electron chi connectivity index (χ2n) is 6.10. The number of rotatable bonds is 6. The molecule has 0 atom stereocenters. The molecule has 1 aliphatic rings. The van der Waals surface area contributed by atoms with Crippen LogP contribution in [0, 0.1) is 0 Å². The van der Waals surface area contributed by atoms with Gasteiger partial charge in [-0.15, -0.1) is 35.3 Å². The highest BCUT2D eigenvalue weighted by Crippen LogP contribution is 2.23. The number of hydrogen-bond acceptors (Lipinski definition) is 4. The highest BCUT2D eigenvalue weighted by Gasteiger charge is 2.16. The van der Waals surface area contributed by atoms with Crippen molar-refractivity contribution in [1.82, 2.24) is 15.5 Å². The van der Waals surface area contributed by atoms with Crippen LogP contribution in [0.3, 0.4) is 0 Å². The van der Waals surface area contributed by atoms with Crippen molar-refractivity contribution in [2.24, 2.45) is 4.99 Å². The molecule has 0 saturated heterocycles. The number of methoxy groups -OCH3 is 1. The normalized spacial score (nSPS) is 14.3. The molecule has 26 heavy (non-hydrogen) atoms. The van der Waals surface area contributed by atoms with E-state index in [1.807, 2.05) is 29.5 Å². The van der Waals surface area contributed by atoms with Crippen molar-refractivity contribution in [1.29, 1.82) is 0 Å². The van der Waals surface area contributed by atoms with Crippen LogP contribution in [0.1, 0.15) is 16.0 Å². The van der Waals surface area contributed by atoms with Crippen molar-refractivity contribution in [2.75, 3.05) is 33.8 Å². The Labute approximate surface area is 176 Å². The van der Waals surface area contributed by atoms with E-state index in [4.69, 9.17) is 4.74 Å². The zero-order valence-electron chi connectivity index (χ0n) is 15.3. The number of halogens is 1. The molecular formula is C19H27IN4OS. The van der Waals surface area contributed by atoms with Gasteiger partial charge in [0.25, 0.3) is 0 Å². The first kappa shape index (κ1) is 21.0. The largest absolute Gasteiger partial charge is 0.497 e. The summed E-state index contributed by atoms with van der Waals surface area (Å²) in [5, 5.41) is 8.96. The molecule has 0 aliphatic carbocycles. The number of ether oxygens (including phenoxy) is 1. The van der Waals surface area contributed by atoms with Crippen molar-refractivity contribution < 1.29 is 4.74 Å². The summed E-state index contributed by atoms with van der Waals surface area (Å²) in [7, 11) is 3.49. The Morgan fingerprint density at radius 3 is 3.00 bits per heavy atom. The van der Waals surface area contributed by atoms with Gasteiger partial charge in [0.15, 0.2) is 5.96 Å². The third-order valence-corrected chi connectivity index (χ3v) is 5.45. The fourth-order valence-electron chi connectivity index (χ4n) is 3.02. The molecule has 2 aromatic rings. The molecule has 3 rings (SSSR count). The lowest BCUT2D eigenvalue weighted by Gasteiger charge is -2.27. The van der Waals surface area contributed by atoms with Gasteiger partial charge in [-0.25, -0.2) is 0 Å². The van der Waals surface area contributed by atoms with E-state index in [-0.39, 0.29) is 24.0 Å². The zero-order chi connectivity index (χ0) is 17.5. The van der Waals surface area contributed by atoms with Crippen LogP contribution in [0.2, 0.25) is 0 Å². The first-order valence-corrected chi connectivity index (χ1v) is 9.51. The van der Waals surface area contributed by atoms with Gasteiger partial charge in [0.2, 0.25) is 0 Å². The van der Waals surface area contributed by atoms with Gasteiger partial charge in [-0.2, -0.15) is 0 Å². The summed E-state index contributed by atoms with van der Waals surface area (Å²) in [6, 6.07) is 10.3. The highest BCUT2D eigenvalue weighted by atomic mass is 127. The second kappa shape index (κ2) is 10.7. The maximum Gasteiger partial charge on any atom is 0.191 e. The van der Waals surface area contributed by atoms with Crippen LogP contribution in [-0.2, 0) is 19.5 Å². The fraction of sp³-hybridized carbons (Fsp3) is 0.421. The molecule has 0 radical (unpaired) electrons. The summed E-state index contributed by atoms with van der Waals surface area (Å²) in [5.41, 5.74) is 2.67. The lowest BCUT2D eigenvalue weighted by atomic mass is 10.1. The van der Waals surface area contributed by atoms with Crippen LogP contribution in [0.4, 0.5) is 0 Å². The molecule has 2 N–H and O–H groups in total. The predicted octanol–water partition coefficient (Wildman–Crippen LogP) is 3.10. The van der Waals surface area contributed by atoms with Crippen LogP contribution in [-0.4, -0.2) is 44.7 Å². The monoisotopic (exact) mass is 486 g/mol. The minimum atomic E-state index is 0. The molecule has 0 fully saturated rings. The van der Waals surface area contributed by atoms with Gasteiger partial charge < -0.3 is 15.4 Å². The van der Waals surface area contributed by atoms with Crippen molar-refractivity contribution >= 4 is 41.3 Å². The minimum Gasteiger partial charge on any atom is -0.497 e. The third-order valence-electron chi connectivity index (χ3n) is 4.42. The summed E-state index contributed by atoms with van der Waals surface area (Å²) in [6.45, 7) is 4.84. The van der Waals surface area contributed by atoms with E-state index in [2.05, 4.69) is 38.0 Å². The van der Waals surface area contributed by atoms with Crippen molar-refractivity contribution in [3.8, 4) is 5.75 Å². The number of benzene rings is 1. The first-order chi connectivity index (χ1) is 12.3. The lowest BCUT2D eigenvalue weighted by Crippen LogP contribution is -2.42.